The molecule has 0 rings (SSSR count). The van der Waals surface area contributed by atoms with Gasteiger partial charge in [0.15, 0.2) is 5.78 Å². The number of allylic oxidation sites excluding steroid dienone is 3. The molecular formula is C9H12O4. The fourth-order valence-corrected chi connectivity index (χ4v) is 0.648. The third kappa shape index (κ3) is 5.66. The van der Waals surface area contributed by atoms with Crippen LogP contribution in [0.15, 0.2) is 24.0 Å². The Morgan fingerprint density at radius 3 is 2.38 bits per heavy atom. The van der Waals surface area contributed by atoms with Crippen molar-refractivity contribution >= 4 is 11.8 Å². The maximum Gasteiger partial charge on any atom is 0.370 e. The largest absolute Gasteiger partial charge is 0.502 e. The van der Waals surface area contributed by atoms with Crippen LogP contribution in [0.4, 0.5) is 0 Å². The van der Waals surface area contributed by atoms with Gasteiger partial charge >= 0.3 is 5.97 Å². The van der Waals surface area contributed by atoms with E-state index in [2.05, 4.69) is 0 Å². The first-order valence-corrected chi connectivity index (χ1v) is 3.91. The minimum atomic E-state index is -1.41. The van der Waals surface area contributed by atoms with Crippen LogP contribution in [-0.4, -0.2) is 22.0 Å². The number of aliphatic carboxylic acids is 1. The van der Waals surface area contributed by atoms with Gasteiger partial charge in [0.25, 0.3) is 0 Å². The highest BCUT2D eigenvalue weighted by Crippen LogP contribution is 1.93. The first-order chi connectivity index (χ1) is 6.07. The summed E-state index contributed by atoms with van der Waals surface area (Å²) < 4.78 is 0. The minimum absolute atomic E-state index is 0.0862. The predicted molar refractivity (Wildman–Crippen MR) is 47.4 cm³/mol. The molecule has 0 radical (unpaired) electrons. The van der Waals surface area contributed by atoms with E-state index in [1.54, 1.807) is 0 Å². The summed E-state index contributed by atoms with van der Waals surface area (Å²) in [4.78, 5) is 20.9. The van der Waals surface area contributed by atoms with Gasteiger partial charge in [0.05, 0.1) is 0 Å². The molecule has 0 aromatic heterocycles. The molecule has 0 amide bonds. The second kappa shape index (κ2) is 5.99. The predicted octanol–water partition coefficient (Wildman–Crippen LogP) is 1.44. The summed E-state index contributed by atoms with van der Waals surface area (Å²) in [6.45, 7) is 1.87. The summed E-state index contributed by atoms with van der Waals surface area (Å²) in [6, 6.07) is 0. The number of carbonyl (C=O) groups excluding carboxylic acids is 1. The molecule has 0 spiro atoms. The van der Waals surface area contributed by atoms with E-state index < -0.39 is 11.7 Å². The van der Waals surface area contributed by atoms with E-state index in [0.717, 1.165) is 12.5 Å². The average Bonchev–Trinajstić information content (AvgIpc) is 2.04. The van der Waals surface area contributed by atoms with E-state index in [-0.39, 0.29) is 5.78 Å². The maximum atomic E-state index is 10.8. The van der Waals surface area contributed by atoms with Gasteiger partial charge in [-0.1, -0.05) is 13.0 Å². The Balaban J connectivity index is 4.07. The normalized spacial score (nSPS) is 11.9. The summed E-state index contributed by atoms with van der Waals surface area (Å²) in [5.41, 5.74) is 0. The Morgan fingerprint density at radius 2 is 1.92 bits per heavy atom. The molecule has 0 aromatic carbocycles. The van der Waals surface area contributed by atoms with Crippen molar-refractivity contribution < 1.29 is 19.8 Å². The van der Waals surface area contributed by atoms with Gasteiger partial charge < -0.3 is 10.2 Å². The van der Waals surface area contributed by atoms with Crippen LogP contribution in [0.2, 0.25) is 0 Å². The minimum Gasteiger partial charge on any atom is -0.502 e. The number of ketones is 1. The fraction of sp³-hybridized carbons (Fsp3) is 0.333. The summed E-state index contributed by atoms with van der Waals surface area (Å²) in [5, 5.41) is 16.9. The second-order valence-corrected chi connectivity index (χ2v) is 2.43. The lowest BCUT2D eigenvalue weighted by Gasteiger charge is -1.88. The van der Waals surface area contributed by atoms with Gasteiger partial charge in [-0.05, 0) is 18.6 Å². The molecule has 0 aliphatic heterocycles. The van der Waals surface area contributed by atoms with E-state index in [0.29, 0.717) is 6.42 Å². The molecule has 0 aliphatic rings. The van der Waals surface area contributed by atoms with Crippen LogP contribution in [-0.2, 0) is 9.59 Å². The molecule has 13 heavy (non-hydrogen) atoms. The first-order valence-electron chi connectivity index (χ1n) is 3.91. The Bertz CT molecular complexity index is 250. The highest BCUT2D eigenvalue weighted by Gasteiger charge is 2.00. The van der Waals surface area contributed by atoms with Gasteiger partial charge in [-0.2, -0.15) is 0 Å². The van der Waals surface area contributed by atoms with Crippen LogP contribution in [0, 0.1) is 0 Å². The molecule has 4 heteroatoms. The lowest BCUT2D eigenvalue weighted by atomic mass is 10.2. The molecule has 0 unspecified atom stereocenters. The molecule has 0 fully saturated rings. The van der Waals surface area contributed by atoms with Crippen molar-refractivity contribution in [3.05, 3.63) is 24.0 Å². The lowest BCUT2D eigenvalue weighted by Crippen LogP contribution is -1.98. The smallest absolute Gasteiger partial charge is 0.370 e. The van der Waals surface area contributed by atoms with E-state index in [1.807, 2.05) is 6.92 Å². The highest BCUT2D eigenvalue weighted by atomic mass is 16.4. The van der Waals surface area contributed by atoms with Crippen LogP contribution in [0.25, 0.3) is 0 Å². The Hall–Kier alpha value is -1.58. The number of carboxylic acids is 1. The molecule has 0 saturated heterocycles. The van der Waals surface area contributed by atoms with Gasteiger partial charge in [0.1, 0.15) is 0 Å². The topological polar surface area (TPSA) is 74.6 Å². The van der Waals surface area contributed by atoms with Gasteiger partial charge in [-0.3, -0.25) is 4.79 Å². The van der Waals surface area contributed by atoms with Gasteiger partial charge in [-0.25, -0.2) is 4.79 Å². The van der Waals surface area contributed by atoms with Gasteiger partial charge in [-0.15, -0.1) is 0 Å². The molecule has 0 aromatic rings. The summed E-state index contributed by atoms with van der Waals surface area (Å²) in [7, 11) is 0. The van der Waals surface area contributed by atoms with Gasteiger partial charge in [0, 0.05) is 6.42 Å². The fourth-order valence-electron chi connectivity index (χ4n) is 0.648. The zero-order valence-corrected chi connectivity index (χ0v) is 7.36. The molecule has 72 valence electrons. The van der Waals surface area contributed by atoms with E-state index >= 15 is 0 Å². The van der Waals surface area contributed by atoms with Crippen LogP contribution in [0.5, 0.6) is 0 Å². The third-order valence-electron chi connectivity index (χ3n) is 1.25. The number of hydrogen-bond acceptors (Lipinski definition) is 3. The van der Waals surface area contributed by atoms with Crippen molar-refractivity contribution in [3.8, 4) is 0 Å². The van der Waals surface area contributed by atoms with Crippen LogP contribution in [0.3, 0.4) is 0 Å². The van der Waals surface area contributed by atoms with Crippen molar-refractivity contribution in [2.75, 3.05) is 0 Å². The quantitative estimate of drug-likeness (QED) is 0.385. The molecule has 0 heterocycles. The standard InChI is InChI=1S/C9H12O4/c1-2-4-7(10)5-3-6-8(11)9(12)13/h3,5-6,11H,2,4H2,1H3,(H,12,13)/b5-3+,8-6-. The van der Waals surface area contributed by atoms with E-state index in [1.165, 1.54) is 12.2 Å². The molecule has 0 bridgehead atoms. The van der Waals surface area contributed by atoms with Crippen molar-refractivity contribution in [2.45, 2.75) is 19.8 Å². The van der Waals surface area contributed by atoms with Crippen LogP contribution in [0.1, 0.15) is 19.8 Å². The first kappa shape index (κ1) is 11.4. The number of hydrogen-bond donors (Lipinski definition) is 2. The molecular weight excluding hydrogens is 172 g/mol. The average molecular weight is 184 g/mol. The monoisotopic (exact) mass is 184 g/mol. The molecule has 0 atom stereocenters. The second-order valence-electron chi connectivity index (χ2n) is 2.43. The van der Waals surface area contributed by atoms with Crippen molar-refractivity contribution in [1.29, 1.82) is 0 Å². The van der Waals surface area contributed by atoms with Crippen molar-refractivity contribution in [3.63, 3.8) is 0 Å². The molecule has 0 saturated carbocycles. The van der Waals surface area contributed by atoms with Crippen LogP contribution < -0.4 is 0 Å². The Morgan fingerprint density at radius 1 is 1.31 bits per heavy atom. The van der Waals surface area contributed by atoms with Gasteiger partial charge in [0.2, 0.25) is 5.76 Å². The Labute approximate surface area is 76.2 Å². The molecule has 0 aliphatic carbocycles. The lowest BCUT2D eigenvalue weighted by molar-refractivity contribution is -0.135. The maximum absolute atomic E-state index is 10.8. The van der Waals surface area contributed by atoms with Crippen LogP contribution >= 0.6 is 0 Å². The zero-order valence-electron chi connectivity index (χ0n) is 7.36. The third-order valence-corrected chi connectivity index (χ3v) is 1.25. The molecule has 2 N–H and O–H groups in total. The number of aliphatic hydroxyl groups is 1. The number of rotatable bonds is 5. The van der Waals surface area contributed by atoms with Crippen molar-refractivity contribution in [1.82, 2.24) is 0 Å². The molecule has 4 nitrogen and oxygen atoms in total. The van der Waals surface area contributed by atoms with E-state index in [4.69, 9.17) is 10.2 Å². The number of carboxylic acid groups (broad SMARTS) is 1. The number of carbonyl (C=O) groups is 2. The summed E-state index contributed by atoms with van der Waals surface area (Å²) in [5.74, 6) is -2.27. The van der Waals surface area contributed by atoms with Crippen molar-refractivity contribution in [2.24, 2.45) is 0 Å². The summed E-state index contributed by atoms with van der Waals surface area (Å²) >= 11 is 0. The summed E-state index contributed by atoms with van der Waals surface area (Å²) in [6.07, 6.45) is 4.61. The zero-order chi connectivity index (χ0) is 10.3. The Kier molecular flexibility index (Phi) is 5.27. The number of aliphatic hydroxyl groups excluding tert-OH is 1. The SMILES string of the molecule is CCCC(=O)/C=C/C=C(\O)C(=O)O. The van der Waals surface area contributed by atoms with E-state index in [9.17, 15) is 9.59 Å². The highest BCUT2D eigenvalue weighted by molar-refractivity contribution is 5.90.